The summed E-state index contributed by atoms with van der Waals surface area (Å²) < 4.78 is 65.1. The molecule has 3 aromatic carbocycles. The number of nitrogens with zero attached hydrogens (tertiary/aromatic N) is 3. The number of nitrogens with one attached hydrogen (secondary N) is 1. The van der Waals surface area contributed by atoms with E-state index >= 15 is 0 Å². The van der Waals surface area contributed by atoms with Crippen molar-refractivity contribution >= 4 is 65.6 Å². The van der Waals surface area contributed by atoms with E-state index in [0.717, 1.165) is 25.1 Å². The molecule has 0 aliphatic rings. The van der Waals surface area contributed by atoms with Crippen LogP contribution >= 0.6 is 0 Å². The quantitative estimate of drug-likeness (QED) is 0.0874. The third-order valence-electron chi connectivity index (χ3n) is 4.40. The number of carbonyl (C=O) groups excluding carboxylic acids is 1. The number of hydrogen-bond acceptors (Lipinski definition) is 10. The molecule has 1 amide bonds. The second-order valence-electron chi connectivity index (χ2n) is 7.10. The maximum atomic E-state index is 12.7. The minimum Gasteiger partial charge on any atom is -0.872 e. The third kappa shape index (κ3) is 8.28. The van der Waals surface area contributed by atoms with Gasteiger partial charge in [-0.3, -0.25) is 18.9 Å². The molecule has 184 valence electrons. The van der Waals surface area contributed by atoms with Gasteiger partial charge in [0.1, 0.15) is 10.6 Å². The Bertz CT molecular complexity index is 1640. The van der Waals surface area contributed by atoms with Gasteiger partial charge >= 0.3 is 59.1 Å². The van der Waals surface area contributed by atoms with Crippen LogP contribution in [0.15, 0.2) is 67.5 Å². The number of aliphatic imine (C=N–C) groups is 1. The van der Waals surface area contributed by atoms with Crippen LogP contribution in [0.1, 0.15) is 13.8 Å². The summed E-state index contributed by atoms with van der Waals surface area (Å²) in [7, 11) is -9.49. The van der Waals surface area contributed by atoms with E-state index in [2.05, 4.69) is 20.5 Å². The van der Waals surface area contributed by atoms with Gasteiger partial charge in [0, 0.05) is 12.3 Å². The van der Waals surface area contributed by atoms with Crippen LogP contribution in [-0.4, -0.2) is 37.7 Å². The van der Waals surface area contributed by atoms with Crippen molar-refractivity contribution in [1.29, 1.82) is 0 Å². The van der Waals surface area contributed by atoms with Crippen LogP contribution < -0.4 is 74.6 Å². The fourth-order valence-corrected chi connectivity index (χ4v) is 4.25. The summed E-state index contributed by atoms with van der Waals surface area (Å²) in [6, 6.07) is 7.57. The van der Waals surface area contributed by atoms with Crippen LogP contribution in [0.3, 0.4) is 0 Å². The van der Waals surface area contributed by atoms with Gasteiger partial charge in [0.2, 0.25) is 5.91 Å². The largest absolute Gasteiger partial charge is 1.00 e. The smallest absolute Gasteiger partial charge is 0.872 e. The predicted molar refractivity (Wildman–Crippen MR) is 121 cm³/mol. The van der Waals surface area contributed by atoms with E-state index in [0.29, 0.717) is 6.07 Å². The number of fused-ring (bicyclic) bond motifs is 1. The Balaban J connectivity index is 0.00000342. The average Bonchev–Trinajstić information content (AvgIpc) is 2.71. The monoisotopic (exact) mass is 566 g/mol. The van der Waals surface area contributed by atoms with Crippen molar-refractivity contribution in [3.8, 4) is 5.75 Å². The number of amides is 1. The standard InChI is InChI=1S/C20H18N4O9S2.2Na/c1-10(25)21-15-6-4-13(8-18(15)35(31,32)33)23-24-20-16(22-11(2)26)5-3-12-7-14(34(28,29)30)9-17(27)19(12)20;;/h3-9,27H,1-2H3,(H,21,25)(H,22,26)(H,28,29,30)(H,31,32,33);;/q;2*+1/p-2. The minimum atomic E-state index is -4.80. The molecule has 0 atom stereocenters. The molecule has 3 aromatic rings. The fraction of sp³-hybridized carbons (Fsp3) is 0.100. The van der Waals surface area contributed by atoms with Crippen molar-refractivity contribution in [2.24, 2.45) is 15.2 Å². The first kappa shape index (κ1) is 33.1. The number of rotatable bonds is 6. The fourth-order valence-electron chi connectivity index (χ4n) is 3.07. The Morgan fingerprint density at radius 2 is 1.57 bits per heavy atom. The zero-order chi connectivity index (χ0) is 26.1. The predicted octanol–water partition coefficient (Wildman–Crippen LogP) is -3.80. The van der Waals surface area contributed by atoms with E-state index in [1.807, 2.05) is 0 Å². The summed E-state index contributed by atoms with van der Waals surface area (Å²) in [5.41, 5.74) is -0.616. The van der Waals surface area contributed by atoms with Gasteiger partial charge in [-0.15, -0.1) is 5.11 Å². The molecule has 0 unspecified atom stereocenters. The number of azo groups is 1. The molecule has 13 nitrogen and oxygen atoms in total. The zero-order valence-electron chi connectivity index (χ0n) is 20.0. The van der Waals surface area contributed by atoms with Gasteiger partial charge in [0.25, 0.3) is 20.2 Å². The van der Waals surface area contributed by atoms with Crippen molar-refractivity contribution in [2.75, 3.05) is 5.32 Å². The summed E-state index contributed by atoms with van der Waals surface area (Å²) in [5.74, 6) is -2.09. The molecule has 0 aromatic heterocycles. The molecule has 0 heterocycles. The van der Waals surface area contributed by atoms with Crippen molar-refractivity contribution in [1.82, 2.24) is 0 Å². The van der Waals surface area contributed by atoms with Gasteiger partial charge in [0.15, 0.2) is 0 Å². The number of hydrogen-bond donors (Lipinski definition) is 3. The van der Waals surface area contributed by atoms with E-state index in [-0.39, 0.29) is 92.6 Å². The molecular weight excluding hydrogens is 550 g/mol. The molecule has 0 aliphatic heterocycles. The number of benzene rings is 3. The minimum absolute atomic E-state index is 0. The summed E-state index contributed by atoms with van der Waals surface area (Å²) in [6.07, 6.45) is 0. The first-order valence-corrected chi connectivity index (χ1v) is 12.3. The van der Waals surface area contributed by atoms with Crippen LogP contribution in [0.4, 0.5) is 22.7 Å². The van der Waals surface area contributed by atoms with E-state index in [1.54, 1.807) is 0 Å². The average molecular weight is 566 g/mol. The van der Waals surface area contributed by atoms with Crippen LogP contribution in [0.25, 0.3) is 10.8 Å². The van der Waals surface area contributed by atoms with Crippen molar-refractivity contribution < 1.29 is 100 Å². The molecular formula is C20H16N4Na2O9S2. The van der Waals surface area contributed by atoms with Gasteiger partial charge in [-0.1, -0.05) is 11.8 Å². The normalized spacial score (nSPS) is 12.2. The van der Waals surface area contributed by atoms with Gasteiger partial charge in [-0.25, -0.2) is 0 Å². The third-order valence-corrected chi connectivity index (χ3v) is 6.12. The molecule has 0 aliphatic carbocycles. The SMILES string of the molecule is CC(=O)Nc1ccc2cc(S(=O)(=O)O)cc([O-])c2c1N=Nc1ccc(N=C(C)[O-])c(S(=O)(=O)O)c1.[Na+].[Na+]. The molecule has 17 heteroatoms. The van der Waals surface area contributed by atoms with Crippen LogP contribution in [0, 0.1) is 0 Å². The Hall–Kier alpha value is -1.92. The molecule has 0 saturated heterocycles. The molecule has 0 fully saturated rings. The van der Waals surface area contributed by atoms with E-state index in [4.69, 9.17) is 0 Å². The van der Waals surface area contributed by atoms with Gasteiger partial charge in [-0.2, -0.15) is 21.9 Å². The second kappa shape index (κ2) is 12.8. The molecule has 37 heavy (non-hydrogen) atoms. The Morgan fingerprint density at radius 3 is 2.11 bits per heavy atom. The molecule has 0 bridgehead atoms. The van der Waals surface area contributed by atoms with Crippen LogP contribution in [-0.2, 0) is 25.0 Å². The first-order chi connectivity index (χ1) is 16.2. The maximum Gasteiger partial charge on any atom is 1.00 e. The summed E-state index contributed by atoms with van der Waals surface area (Å²) in [4.78, 5) is 13.8. The topological polar surface area (TPSA) is 221 Å². The molecule has 0 radical (unpaired) electrons. The second-order valence-corrected chi connectivity index (χ2v) is 9.91. The molecule has 3 N–H and O–H groups in total. The Kier molecular flexibility index (Phi) is 11.4. The van der Waals surface area contributed by atoms with Crippen molar-refractivity contribution in [3.63, 3.8) is 0 Å². The Morgan fingerprint density at radius 1 is 0.919 bits per heavy atom. The maximum absolute atomic E-state index is 12.7. The van der Waals surface area contributed by atoms with Crippen LogP contribution in [0.5, 0.6) is 5.75 Å². The van der Waals surface area contributed by atoms with Crippen molar-refractivity contribution in [3.05, 3.63) is 42.5 Å². The van der Waals surface area contributed by atoms with Gasteiger partial charge in [0.05, 0.1) is 22.0 Å². The molecule has 3 rings (SSSR count). The van der Waals surface area contributed by atoms with Gasteiger partial charge in [-0.05, 0) is 54.6 Å². The van der Waals surface area contributed by atoms with Gasteiger partial charge < -0.3 is 15.5 Å². The first-order valence-electron chi connectivity index (χ1n) is 9.45. The van der Waals surface area contributed by atoms with Crippen molar-refractivity contribution in [2.45, 2.75) is 23.6 Å². The van der Waals surface area contributed by atoms with E-state index < -0.39 is 47.6 Å². The van der Waals surface area contributed by atoms with E-state index in [9.17, 15) is 40.9 Å². The number of carbonyl (C=O) groups is 1. The summed E-state index contributed by atoms with van der Waals surface area (Å²) >= 11 is 0. The molecule has 0 spiro atoms. The Labute approximate surface area is 255 Å². The number of anilines is 1. The van der Waals surface area contributed by atoms with Crippen LogP contribution in [0.2, 0.25) is 0 Å². The summed E-state index contributed by atoms with van der Waals surface area (Å²) in [5, 5.41) is 34.1. The van der Waals surface area contributed by atoms with E-state index in [1.165, 1.54) is 25.1 Å². The molecule has 0 saturated carbocycles. The summed E-state index contributed by atoms with van der Waals surface area (Å²) in [6.45, 7) is 2.28. The zero-order valence-corrected chi connectivity index (χ0v) is 25.6.